The molecule has 0 bridgehead atoms. The molecule has 1 aromatic heterocycles. The zero-order valence-electron chi connectivity index (χ0n) is 10.5. The molecule has 0 radical (unpaired) electrons. The summed E-state index contributed by atoms with van der Waals surface area (Å²) in [5.41, 5.74) is -0.147. The van der Waals surface area contributed by atoms with Crippen molar-refractivity contribution in [2.24, 2.45) is 7.05 Å². The van der Waals surface area contributed by atoms with Gasteiger partial charge in [-0.25, -0.2) is 13.8 Å². The summed E-state index contributed by atoms with van der Waals surface area (Å²) in [6.45, 7) is 1.74. The lowest BCUT2D eigenvalue weighted by atomic mass is 9.92. The summed E-state index contributed by atoms with van der Waals surface area (Å²) in [6, 6.07) is 1.38. The summed E-state index contributed by atoms with van der Waals surface area (Å²) in [5, 5.41) is 3.07. The van der Waals surface area contributed by atoms with E-state index >= 15 is 0 Å². The molecule has 0 spiro atoms. The number of alkyl halides is 2. The van der Waals surface area contributed by atoms with Crippen LogP contribution in [0.5, 0.6) is 0 Å². The van der Waals surface area contributed by atoms with Gasteiger partial charge in [-0.2, -0.15) is 0 Å². The van der Waals surface area contributed by atoms with E-state index in [1.807, 2.05) is 0 Å². The fourth-order valence-corrected chi connectivity index (χ4v) is 2.12. The van der Waals surface area contributed by atoms with Gasteiger partial charge in [0.15, 0.2) is 0 Å². The normalized spacial score (nSPS) is 19.8. The van der Waals surface area contributed by atoms with Crippen molar-refractivity contribution in [1.82, 2.24) is 9.55 Å². The largest absolute Gasteiger partial charge is 0.367 e. The van der Waals surface area contributed by atoms with Gasteiger partial charge in [-0.05, 0) is 19.8 Å². The lowest BCUT2D eigenvalue weighted by Gasteiger charge is -2.29. The molecule has 6 heteroatoms. The summed E-state index contributed by atoms with van der Waals surface area (Å²) >= 11 is 0. The van der Waals surface area contributed by atoms with Crippen molar-refractivity contribution in [3.8, 4) is 0 Å². The Balaban J connectivity index is 2.05. The van der Waals surface area contributed by atoms with E-state index in [-0.39, 0.29) is 24.4 Å². The highest BCUT2D eigenvalue weighted by atomic mass is 19.3. The van der Waals surface area contributed by atoms with E-state index < -0.39 is 5.92 Å². The molecule has 1 N–H and O–H groups in total. The Morgan fingerprint density at radius 3 is 2.61 bits per heavy atom. The average molecular weight is 257 g/mol. The minimum absolute atomic E-state index is 0.0244. The molecule has 0 atom stereocenters. The average Bonchev–Trinajstić information content (AvgIpc) is 2.29. The Morgan fingerprint density at radius 2 is 2.06 bits per heavy atom. The smallest absolute Gasteiger partial charge is 0.255 e. The van der Waals surface area contributed by atoms with Crippen molar-refractivity contribution in [2.45, 2.75) is 44.6 Å². The molecule has 0 aliphatic heterocycles. The molecule has 0 unspecified atom stereocenters. The number of hydrogen-bond acceptors (Lipinski definition) is 3. The Labute approximate surface area is 104 Å². The van der Waals surface area contributed by atoms with E-state index in [9.17, 15) is 13.6 Å². The van der Waals surface area contributed by atoms with Crippen LogP contribution in [0, 0.1) is 6.92 Å². The number of nitrogens with zero attached hydrogens (tertiary/aromatic N) is 2. The van der Waals surface area contributed by atoms with Crippen LogP contribution in [-0.4, -0.2) is 21.5 Å². The Bertz CT molecular complexity index is 489. The summed E-state index contributed by atoms with van der Waals surface area (Å²) in [6.07, 6.45) is 0.606. The molecule has 2 rings (SSSR count). The monoisotopic (exact) mass is 257 g/mol. The van der Waals surface area contributed by atoms with Crippen LogP contribution in [0.3, 0.4) is 0 Å². The second-order valence-electron chi connectivity index (χ2n) is 4.86. The van der Waals surface area contributed by atoms with Crippen molar-refractivity contribution in [3.05, 3.63) is 22.2 Å². The summed E-state index contributed by atoms with van der Waals surface area (Å²) in [5.74, 6) is -1.45. The van der Waals surface area contributed by atoms with Gasteiger partial charge >= 0.3 is 0 Å². The SMILES string of the molecule is Cc1nc(NC2CCC(F)(F)CC2)cc(=O)n1C. The first kappa shape index (κ1) is 13.0. The van der Waals surface area contributed by atoms with Crippen LogP contribution >= 0.6 is 0 Å². The number of anilines is 1. The molecule has 1 aliphatic carbocycles. The first-order chi connectivity index (χ1) is 8.37. The van der Waals surface area contributed by atoms with Crippen LogP contribution in [0.1, 0.15) is 31.5 Å². The zero-order chi connectivity index (χ0) is 13.3. The Kier molecular flexibility index (Phi) is 3.36. The molecular weight excluding hydrogens is 240 g/mol. The first-order valence-electron chi connectivity index (χ1n) is 6.06. The fraction of sp³-hybridized carbons (Fsp3) is 0.667. The molecule has 0 aromatic carbocycles. The van der Waals surface area contributed by atoms with Crippen molar-refractivity contribution < 1.29 is 8.78 Å². The summed E-state index contributed by atoms with van der Waals surface area (Å²) in [4.78, 5) is 15.8. The van der Waals surface area contributed by atoms with E-state index in [0.29, 0.717) is 24.5 Å². The van der Waals surface area contributed by atoms with Gasteiger partial charge in [0.05, 0.1) is 0 Å². The van der Waals surface area contributed by atoms with Crippen LogP contribution in [0.2, 0.25) is 0 Å². The number of hydrogen-bond donors (Lipinski definition) is 1. The van der Waals surface area contributed by atoms with E-state index in [1.165, 1.54) is 10.6 Å². The number of aryl methyl sites for hydroxylation is 1. The Hall–Kier alpha value is -1.46. The highest BCUT2D eigenvalue weighted by Crippen LogP contribution is 2.33. The van der Waals surface area contributed by atoms with Gasteiger partial charge in [-0.3, -0.25) is 9.36 Å². The molecule has 4 nitrogen and oxygen atoms in total. The Morgan fingerprint density at radius 1 is 1.44 bits per heavy atom. The van der Waals surface area contributed by atoms with Crippen LogP contribution in [0.15, 0.2) is 10.9 Å². The van der Waals surface area contributed by atoms with Gasteiger partial charge in [0, 0.05) is 32.0 Å². The van der Waals surface area contributed by atoms with Crippen LogP contribution in [-0.2, 0) is 7.05 Å². The third-order valence-corrected chi connectivity index (χ3v) is 3.43. The molecular formula is C12H17F2N3O. The van der Waals surface area contributed by atoms with Gasteiger partial charge in [-0.1, -0.05) is 0 Å². The number of aromatic nitrogens is 2. The molecule has 100 valence electrons. The molecule has 1 aliphatic rings. The van der Waals surface area contributed by atoms with E-state index in [2.05, 4.69) is 10.3 Å². The molecule has 1 fully saturated rings. The molecule has 0 saturated heterocycles. The molecule has 0 amide bonds. The minimum atomic E-state index is -2.53. The lowest BCUT2D eigenvalue weighted by molar-refractivity contribution is -0.0361. The predicted octanol–water partition coefficient (Wildman–Crippen LogP) is 2.08. The molecule has 1 aromatic rings. The first-order valence-corrected chi connectivity index (χ1v) is 6.06. The number of rotatable bonds is 2. The third-order valence-electron chi connectivity index (χ3n) is 3.43. The van der Waals surface area contributed by atoms with Crippen molar-refractivity contribution >= 4 is 5.82 Å². The van der Waals surface area contributed by atoms with Crippen LogP contribution in [0.25, 0.3) is 0 Å². The minimum Gasteiger partial charge on any atom is -0.367 e. The second-order valence-corrected chi connectivity index (χ2v) is 4.86. The standard InChI is InChI=1S/C12H17F2N3O/c1-8-15-10(7-11(18)17(8)2)16-9-3-5-12(13,14)6-4-9/h7,9,16H,3-6H2,1-2H3. The van der Waals surface area contributed by atoms with Gasteiger partial charge in [0.25, 0.3) is 5.56 Å². The molecule has 1 heterocycles. The van der Waals surface area contributed by atoms with Crippen molar-refractivity contribution in [3.63, 3.8) is 0 Å². The maximum Gasteiger partial charge on any atom is 0.255 e. The van der Waals surface area contributed by atoms with Gasteiger partial charge < -0.3 is 5.32 Å². The van der Waals surface area contributed by atoms with Crippen molar-refractivity contribution in [2.75, 3.05) is 5.32 Å². The number of halogens is 2. The molecule has 1 saturated carbocycles. The maximum absolute atomic E-state index is 13.0. The second kappa shape index (κ2) is 4.66. The van der Waals surface area contributed by atoms with E-state index in [0.717, 1.165) is 0 Å². The topological polar surface area (TPSA) is 46.9 Å². The van der Waals surface area contributed by atoms with Crippen LogP contribution < -0.4 is 10.9 Å². The molecule has 18 heavy (non-hydrogen) atoms. The van der Waals surface area contributed by atoms with Gasteiger partial charge in [-0.15, -0.1) is 0 Å². The zero-order valence-corrected chi connectivity index (χ0v) is 10.5. The summed E-state index contributed by atoms with van der Waals surface area (Å²) < 4.78 is 27.4. The quantitative estimate of drug-likeness (QED) is 0.882. The fourth-order valence-electron chi connectivity index (χ4n) is 2.12. The predicted molar refractivity (Wildman–Crippen MR) is 65.0 cm³/mol. The van der Waals surface area contributed by atoms with Crippen molar-refractivity contribution in [1.29, 1.82) is 0 Å². The van der Waals surface area contributed by atoms with Gasteiger partial charge in [0.2, 0.25) is 5.92 Å². The highest BCUT2D eigenvalue weighted by molar-refractivity contribution is 5.34. The van der Waals surface area contributed by atoms with Gasteiger partial charge in [0.1, 0.15) is 11.6 Å². The highest BCUT2D eigenvalue weighted by Gasteiger charge is 2.34. The van der Waals surface area contributed by atoms with E-state index in [4.69, 9.17) is 0 Å². The van der Waals surface area contributed by atoms with E-state index in [1.54, 1.807) is 14.0 Å². The summed E-state index contributed by atoms with van der Waals surface area (Å²) in [7, 11) is 1.65. The third kappa shape index (κ3) is 2.86. The number of nitrogens with one attached hydrogen (secondary N) is 1. The lowest BCUT2D eigenvalue weighted by Crippen LogP contribution is -2.33. The maximum atomic E-state index is 13.0. The van der Waals surface area contributed by atoms with Crippen LogP contribution in [0.4, 0.5) is 14.6 Å².